The number of carbonyl (C=O) groups is 1. The van der Waals surface area contributed by atoms with Crippen molar-refractivity contribution >= 4 is 17.0 Å². The largest absolute Gasteiger partial charge is 0.417 e. The number of hydrogen-bond acceptors (Lipinski definition) is 3. The van der Waals surface area contributed by atoms with Crippen LogP contribution < -0.4 is 11.1 Å². The normalized spacial score (nSPS) is 10.8. The molecule has 0 aliphatic rings. The molecule has 3 rings (SSSR count). The van der Waals surface area contributed by atoms with Crippen molar-refractivity contribution in [3.05, 3.63) is 69.7 Å². The molecule has 5 heteroatoms. The van der Waals surface area contributed by atoms with Crippen molar-refractivity contribution in [3.63, 3.8) is 0 Å². The molecular formula is C17H16N2O3. The third-order valence-corrected chi connectivity index (χ3v) is 3.59. The van der Waals surface area contributed by atoms with Crippen molar-refractivity contribution in [1.29, 1.82) is 0 Å². The lowest BCUT2D eigenvalue weighted by Crippen LogP contribution is -2.24. The van der Waals surface area contributed by atoms with Gasteiger partial charge in [0.2, 0.25) is 5.91 Å². The van der Waals surface area contributed by atoms with Crippen LogP contribution in [0.3, 0.4) is 0 Å². The van der Waals surface area contributed by atoms with Gasteiger partial charge in [0, 0.05) is 6.54 Å². The van der Waals surface area contributed by atoms with E-state index in [1.54, 1.807) is 12.1 Å². The molecule has 0 aliphatic heterocycles. The lowest BCUT2D eigenvalue weighted by Gasteiger charge is -2.07. The summed E-state index contributed by atoms with van der Waals surface area (Å²) < 4.78 is 4.94. The number of hydrogen-bond donors (Lipinski definition) is 2. The van der Waals surface area contributed by atoms with Gasteiger partial charge in [-0.2, -0.15) is 0 Å². The molecule has 112 valence electrons. The highest BCUT2D eigenvalue weighted by atomic mass is 16.4. The second-order valence-corrected chi connectivity index (χ2v) is 5.23. The zero-order valence-corrected chi connectivity index (χ0v) is 12.2. The number of fused-ring (bicyclic) bond motifs is 1. The fourth-order valence-electron chi connectivity index (χ4n) is 2.35. The van der Waals surface area contributed by atoms with Gasteiger partial charge in [0.1, 0.15) is 0 Å². The summed E-state index contributed by atoms with van der Waals surface area (Å²) in [5.41, 5.74) is 4.18. The Morgan fingerprint density at radius 3 is 2.86 bits per heavy atom. The SMILES string of the molecule is Cc1ccccc1CC(=O)NCc1ccc2oc(=O)[nH]c2c1. The van der Waals surface area contributed by atoms with E-state index in [-0.39, 0.29) is 5.91 Å². The van der Waals surface area contributed by atoms with Crippen molar-refractivity contribution in [2.75, 3.05) is 0 Å². The molecule has 0 saturated carbocycles. The van der Waals surface area contributed by atoms with E-state index in [1.165, 1.54) is 0 Å². The Balaban J connectivity index is 1.64. The van der Waals surface area contributed by atoms with E-state index in [4.69, 9.17) is 4.42 Å². The van der Waals surface area contributed by atoms with Gasteiger partial charge < -0.3 is 9.73 Å². The van der Waals surface area contributed by atoms with Gasteiger partial charge in [-0.25, -0.2) is 4.79 Å². The molecule has 2 N–H and O–H groups in total. The maximum absolute atomic E-state index is 12.0. The molecular weight excluding hydrogens is 280 g/mol. The number of aryl methyl sites for hydroxylation is 1. The number of nitrogens with one attached hydrogen (secondary N) is 2. The smallest absolute Gasteiger partial charge is 0.408 e. The van der Waals surface area contributed by atoms with Crippen LogP contribution in [0.4, 0.5) is 0 Å². The Hall–Kier alpha value is -2.82. The fourth-order valence-corrected chi connectivity index (χ4v) is 2.35. The zero-order chi connectivity index (χ0) is 15.5. The summed E-state index contributed by atoms with van der Waals surface area (Å²) in [6, 6.07) is 13.2. The second-order valence-electron chi connectivity index (χ2n) is 5.23. The highest BCUT2D eigenvalue weighted by molar-refractivity contribution is 5.79. The third kappa shape index (κ3) is 3.09. The van der Waals surface area contributed by atoms with E-state index in [9.17, 15) is 9.59 Å². The predicted octanol–water partition coefficient (Wildman–Crippen LogP) is 2.29. The van der Waals surface area contributed by atoms with E-state index < -0.39 is 5.76 Å². The summed E-state index contributed by atoms with van der Waals surface area (Å²) in [6.07, 6.45) is 0.359. The Morgan fingerprint density at radius 2 is 2.05 bits per heavy atom. The van der Waals surface area contributed by atoms with Crippen LogP contribution in [0.2, 0.25) is 0 Å². The van der Waals surface area contributed by atoms with Gasteiger partial charge >= 0.3 is 5.76 Å². The Labute approximate surface area is 127 Å². The molecule has 2 aromatic carbocycles. The minimum atomic E-state index is -0.476. The molecule has 0 radical (unpaired) electrons. The molecule has 3 aromatic rings. The van der Waals surface area contributed by atoms with Crippen molar-refractivity contribution in [2.45, 2.75) is 19.9 Å². The van der Waals surface area contributed by atoms with E-state index in [2.05, 4.69) is 10.3 Å². The lowest BCUT2D eigenvalue weighted by molar-refractivity contribution is -0.120. The molecule has 1 amide bonds. The van der Waals surface area contributed by atoms with Crippen molar-refractivity contribution in [1.82, 2.24) is 10.3 Å². The molecule has 0 atom stereocenters. The first kappa shape index (κ1) is 14.1. The standard InChI is InChI=1S/C17H16N2O3/c1-11-4-2-3-5-13(11)9-16(20)18-10-12-6-7-15-14(8-12)19-17(21)22-15/h2-8H,9-10H2,1H3,(H,18,20)(H,19,21). The molecule has 0 fully saturated rings. The summed E-state index contributed by atoms with van der Waals surface area (Å²) in [6.45, 7) is 2.40. The number of benzene rings is 2. The Morgan fingerprint density at radius 1 is 1.23 bits per heavy atom. The molecule has 0 saturated heterocycles. The number of aromatic amines is 1. The second kappa shape index (κ2) is 5.89. The Bertz CT molecular complexity index is 877. The summed E-state index contributed by atoms with van der Waals surface area (Å²) in [5.74, 6) is -0.508. The minimum Gasteiger partial charge on any atom is -0.408 e. The van der Waals surface area contributed by atoms with E-state index >= 15 is 0 Å². The molecule has 0 aliphatic carbocycles. The quantitative estimate of drug-likeness (QED) is 0.775. The van der Waals surface area contributed by atoms with Gasteiger partial charge in [0.15, 0.2) is 5.58 Å². The maximum Gasteiger partial charge on any atom is 0.417 e. The van der Waals surface area contributed by atoms with Gasteiger partial charge in [-0.3, -0.25) is 9.78 Å². The van der Waals surface area contributed by atoms with Crippen molar-refractivity contribution < 1.29 is 9.21 Å². The first-order valence-electron chi connectivity index (χ1n) is 7.05. The van der Waals surface area contributed by atoms with Crippen molar-refractivity contribution in [2.24, 2.45) is 0 Å². The monoisotopic (exact) mass is 296 g/mol. The lowest BCUT2D eigenvalue weighted by atomic mass is 10.1. The number of amides is 1. The summed E-state index contributed by atoms with van der Waals surface area (Å²) in [7, 11) is 0. The van der Waals surface area contributed by atoms with Gasteiger partial charge in [0.05, 0.1) is 11.9 Å². The average Bonchev–Trinajstić information content (AvgIpc) is 2.87. The first-order valence-corrected chi connectivity index (χ1v) is 7.05. The Kier molecular flexibility index (Phi) is 3.78. The van der Waals surface area contributed by atoms with Crippen LogP contribution in [0.25, 0.3) is 11.1 Å². The fraction of sp³-hybridized carbons (Fsp3) is 0.176. The predicted molar refractivity (Wildman–Crippen MR) is 83.6 cm³/mol. The first-order chi connectivity index (χ1) is 10.6. The zero-order valence-electron chi connectivity index (χ0n) is 12.2. The number of rotatable bonds is 4. The van der Waals surface area contributed by atoms with Gasteiger partial charge in [-0.15, -0.1) is 0 Å². The van der Waals surface area contributed by atoms with Crippen LogP contribution in [0, 0.1) is 6.92 Å². The molecule has 0 bridgehead atoms. The molecule has 1 heterocycles. The number of aromatic nitrogens is 1. The maximum atomic E-state index is 12.0. The van der Waals surface area contributed by atoms with E-state index in [0.717, 1.165) is 16.7 Å². The van der Waals surface area contributed by atoms with Crippen LogP contribution in [0.1, 0.15) is 16.7 Å². The van der Waals surface area contributed by atoms with Crippen molar-refractivity contribution in [3.8, 4) is 0 Å². The highest BCUT2D eigenvalue weighted by Gasteiger charge is 2.06. The minimum absolute atomic E-state index is 0.0323. The van der Waals surface area contributed by atoms with E-state index in [0.29, 0.717) is 24.1 Å². The number of H-pyrrole nitrogens is 1. The van der Waals surface area contributed by atoms with Gasteiger partial charge in [-0.1, -0.05) is 30.3 Å². The van der Waals surface area contributed by atoms with Crippen LogP contribution in [0.5, 0.6) is 0 Å². The van der Waals surface area contributed by atoms with Crippen LogP contribution in [0.15, 0.2) is 51.7 Å². The van der Waals surface area contributed by atoms with Crippen LogP contribution >= 0.6 is 0 Å². The van der Waals surface area contributed by atoms with Crippen LogP contribution in [-0.4, -0.2) is 10.9 Å². The molecule has 0 unspecified atom stereocenters. The highest BCUT2D eigenvalue weighted by Crippen LogP contribution is 2.12. The van der Waals surface area contributed by atoms with Crippen LogP contribution in [-0.2, 0) is 17.8 Å². The summed E-state index contributed by atoms with van der Waals surface area (Å²) in [4.78, 5) is 25.7. The molecule has 1 aromatic heterocycles. The van der Waals surface area contributed by atoms with E-state index in [1.807, 2.05) is 37.3 Å². The summed E-state index contributed by atoms with van der Waals surface area (Å²) >= 11 is 0. The average molecular weight is 296 g/mol. The van der Waals surface area contributed by atoms with Gasteiger partial charge in [0.25, 0.3) is 0 Å². The topological polar surface area (TPSA) is 75.1 Å². The molecule has 5 nitrogen and oxygen atoms in total. The molecule has 0 spiro atoms. The number of oxazole rings is 1. The summed E-state index contributed by atoms with van der Waals surface area (Å²) in [5, 5.41) is 2.88. The van der Waals surface area contributed by atoms with Gasteiger partial charge in [-0.05, 0) is 35.7 Å². The molecule has 22 heavy (non-hydrogen) atoms. The number of carbonyl (C=O) groups excluding carboxylic acids is 1. The third-order valence-electron chi connectivity index (χ3n) is 3.59.